The van der Waals surface area contributed by atoms with Gasteiger partial charge in [0.2, 0.25) is 5.91 Å². The Hall–Kier alpha value is -1.13. The summed E-state index contributed by atoms with van der Waals surface area (Å²) in [5.74, 6) is 0.0719. The molecule has 112 valence electrons. The van der Waals surface area contributed by atoms with Crippen LogP contribution in [0.1, 0.15) is 36.8 Å². The van der Waals surface area contributed by atoms with Crippen LogP contribution in [-0.2, 0) is 11.3 Å². The molecule has 0 saturated heterocycles. The van der Waals surface area contributed by atoms with Crippen molar-refractivity contribution in [1.82, 2.24) is 5.32 Å². The topological polar surface area (TPSA) is 55.1 Å². The Morgan fingerprint density at radius 1 is 1.45 bits per heavy atom. The van der Waals surface area contributed by atoms with E-state index in [1.807, 2.05) is 6.07 Å². The van der Waals surface area contributed by atoms with Crippen molar-refractivity contribution in [2.45, 2.75) is 45.2 Å². The Bertz CT molecular complexity index is 467. The molecule has 1 fully saturated rings. The predicted molar refractivity (Wildman–Crippen MR) is 80.2 cm³/mol. The minimum absolute atomic E-state index is 0. The Morgan fingerprint density at radius 3 is 2.80 bits per heavy atom. The van der Waals surface area contributed by atoms with Crippen molar-refractivity contribution in [2.24, 2.45) is 11.7 Å². The molecule has 1 aliphatic carbocycles. The number of benzene rings is 1. The quantitative estimate of drug-likeness (QED) is 0.898. The number of halogens is 2. The molecule has 2 rings (SSSR count). The Kier molecular flexibility index (Phi) is 6.43. The van der Waals surface area contributed by atoms with Crippen LogP contribution in [0.25, 0.3) is 0 Å². The third-order valence-electron chi connectivity index (χ3n) is 3.89. The van der Waals surface area contributed by atoms with E-state index < -0.39 is 0 Å². The fourth-order valence-electron chi connectivity index (χ4n) is 2.58. The van der Waals surface area contributed by atoms with Gasteiger partial charge >= 0.3 is 0 Å². The summed E-state index contributed by atoms with van der Waals surface area (Å²) in [4.78, 5) is 11.8. The summed E-state index contributed by atoms with van der Waals surface area (Å²) >= 11 is 0. The molecular weight excluding hydrogens is 279 g/mol. The largest absolute Gasteiger partial charge is 0.352 e. The van der Waals surface area contributed by atoms with Crippen LogP contribution in [0.3, 0.4) is 0 Å². The molecule has 5 heteroatoms. The summed E-state index contributed by atoms with van der Waals surface area (Å²) < 4.78 is 13.4. The highest BCUT2D eigenvalue weighted by Crippen LogP contribution is 2.26. The van der Waals surface area contributed by atoms with Crippen molar-refractivity contribution < 1.29 is 9.18 Å². The first-order valence-corrected chi connectivity index (χ1v) is 6.83. The van der Waals surface area contributed by atoms with Crippen molar-refractivity contribution in [3.8, 4) is 0 Å². The summed E-state index contributed by atoms with van der Waals surface area (Å²) in [7, 11) is 0. The van der Waals surface area contributed by atoms with Crippen LogP contribution in [0, 0.1) is 18.7 Å². The molecule has 2 atom stereocenters. The van der Waals surface area contributed by atoms with Crippen molar-refractivity contribution >= 4 is 18.3 Å². The summed E-state index contributed by atoms with van der Waals surface area (Å²) in [5, 5.41) is 2.83. The molecule has 0 aromatic heterocycles. The minimum atomic E-state index is -0.232. The highest BCUT2D eigenvalue weighted by atomic mass is 35.5. The molecule has 0 bridgehead atoms. The van der Waals surface area contributed by atoms with Crippen molar-refractivity contribution in [3.05, 3.63) is 35.1 Å². The smallest absolute Gasteiger partial charge is 0.220 e. The number of carbonyl (C=O) groups is 1. The molecule has 1 amide bonds. The average molecular weight is 301 g/mol. The van der Waals surface area contributed by atoms with Crippen LogP contribution >= 0.6 is 12.4 Å². The van der Waals surface area contributed by atoms with E-state index in [-0.39, 0.29) is 30.2 Å². The lowest BCUT2D eigenvalue weighted by molar-refractivity contribution is -0.122. The van der Waals surface area contributed by atoms with E-state index in [4.69, 9.17) is 5.73 Å². The van der Waals surface area contributed by atoms with Gasteiger partial charge in [0.1, 0.15) is 5.82 Å². The molecule has 0 aliphatic heterocycles. The Balaban J connectivity index is 0.00000200. The number of rotatable bonds is 4. The molecule has 1 saturated carbocycles. The van der Waals surface area contributed by atoms with Crippen LogP contribution < -0.4 is 11.1 Å². The second-order valence-corrected chi connectivity index (χ2v) is 5.42. The summed E-state index contributed by atoms with van der Waals surface area (Å²) in [5.41, 5.74) is 7.34. The first-order valence-electron chi connectivity index (χ1n) is 6.83. The van der Waals surface area contributed by atoms with Gasteiger partial charge in [-0.1, -0.05) is 18.6 Å². The number of carbonyl (C=O) groups excluding carboxylic acids is 1. The number of nitrogens with two attached hydrogens (primary N) is 1. The zero-order chi connectivity index (χ0) is 13.8. The van der Waals surface area contributed by atoms with Crippen LogP contribution in [-0.4, -0.2) is 11.9 Å². The first-order chi connectivity index (χ1) is 9.06. The molecule has 3 nitrogen and oxygen atoms in total. The fourth-order valence-corrected chi connectivity index (χ4v) is 2.58. The van der Waals surface area contributed by atoms with Crippen molar-refractivity contribution in [1.29, 1.82) is 0 Å². The maximum absolute atomic E-state index is 13.4. The van der Waals surface area contributed by atoms with E-state index in [2.05, 4.69) is 5.32 Å². The Morgan fingerprint density at radius 2 is 2.20 bits per heavy atom. The lowest BCUT2D eigenvalue weighted by atomic mass is 10.00. The number of hydrogen-bond acceptors (Lipinski definition) is 2. The molecule has 0 radical (unpaired) electrons. The van der Waals surface area contributed by atoms with Gasteiger partial charge in [-0.05, 0) is 42.9 Å². The predicted octanol–water partition coefficient (Wildman–Crippen LogP) is 2.69. The summed E-state index contributed by atoms with van der Waals surface area (Å²) in [6.07, 6.45) is 3.65. The number of hydrogen-bond donors (Lipinski definition) is 2. The van der Waals surface area contributed by atoms with Gasteiger partial charge in [-0.3, -0.25) is 4.79 Å². The van der Waals surface area contributed by atoms with E-state index >= 15 is 0 Å². The van der Waals surface area contributed by atoms with E-state index in [1.165, 1.54) is 6.07 Å². The molecule has 1 aromatic rings. The summed E-state index contributed by atoms with van der Waals surface area (Å²) in [6.45, 7) is 2.09. The first kappa shape index (κ1) is 16.9. The second kappa shape index (κ2) is 7.60. The zero-order valence-corrected chi connectivity index (χ0v) is 12.5. The maximum atomic E-state index is 13.4. The highest BCUT2D eigenvalue weighted by Gasteiger charge is 2.25. The molecule has 1 aromatic carbocycles. The van der Waals surface area contributed by atoms with E-state index in [0.29, 0.717) is 24.4 Å². The van der Waals surface area contributed by atoms with Gasteiger partial charge < -0.3 is 11.1 Å². The van der Waals surface area contributed by atoms with Crippen molar-refractivity contribution in [2.75, 3.05) is 0 Å². The van der Waals surface area contributed by atoms with Gasteiger partial charge in [-0.25, -0.2) is 4.39 Å². The van der Waals surface area contributed by atoms with E-state index in [1.54, 1.807) is 13.0 Å². The van der Waals surface area contributed by atoms with Gasteiger partial charge in [-0.2, -0.15) is 0 Å². The third kappa shape index (κ3) is 4.46. The van der Waals surface area contributed by atoms with Gasteiger partial charge in [-0.15, -0.1) is 12.4 Å². The Labute approximate surface area is 125 Å². The van der Waals surface area contributed by atoms with Crippen LogP contribution in [0.15, 0.2) is 18.2 Å². The van der Waals surface area contributed by atoms with Gasteiger partial charge in [0.15, 0.2) is 0 Å². The summed E-state index contributed by atoms with van der Waals surface area (Å²) in [6, 6.07) is 5.18. The zero-order valence-electron chi connectivity index (χ0n) is 11.7. The lowest BCUT2D eigenvalue weighted by Crippen LogP contribution is -2.31. The fraction of sp³-hybridized carbons (Fsp3) is 0.533. The molecular formula is C15H22ClFN2O. The van der Waals surface area contributed by atoms with E-state index in [0.717, 1.165) is 24.8 Å². The van der Waals surface area contributed by atoms with Crippen LogP contribution in [0.4, 0.5) is 4.39 Å². The highest BCUT2D eigenvalue weighted by molar-refractivity contribution is 5.85. The number of amides is 1. The third-order valence-corrected chi connectivity index (χ3v) is 3.89. The molecule has 3 N–H and O–H groups in total. The number of nitrogens with one attached hydrogen (secondary N) is 1. The molecule has 1 aliphatic rings. The lowest BCUT2D eigenvalue weighted by Gasteiger charge is -2.14. The van der Waals surface area contributed by atoms with Crippen molar-refractivity contribution in [3.63, 3.8) is 0 Å². The normalized spacial score (nSPS) is 21.4. The monoisotopic (exact) mass is 300 g/mol. The molecule has 0 spiro atoms. The SMILES string of the molecule is Cc1ccc(CNC(=O)C[C@@H]2CCC[C@H]2N)cc1F.Cl. The van der Waals surface area contributed by atoms with Gasteiger partial charge in [0.05, 0.1) is 0 Å². The van der Waals surface area contributed by atoms with Gasteiger partial charge in [0.25, 0.3) is 0 Å². The van der Waals surface area contributed by atoms with E-state index in [9.17, 15) is 9.18 Å². The minimum Gasteiger partial charge on any atom is -0.352 e. The maximum Gasteiger partial charge on any atom is 0.220 e. The van der Waals surface area contributed by atoms with Gasteiger partial charge in [0, 0.05) is 19.0 Å². The molecule has 0 heterocycles. The molecule has 0 unspecified atom stereocenters. The average Bonchev–Trinajstić information content (AvgIpc) is 2.77. The standard InChI is InChI=1S/C15H21FN2O.ClH/c1-10-5-6-11(7-13(10)16)9-18-15(19)8-12-3-2-4-14(12)17;/h5-7,12,14H,2-4,8-9,17H2,1H3,(H,18,19);1H/t12-,14+;/m0./s1. The second-order valence-electron chi connectivity index (χ2n) is 5.42. The number of aryl methyl sites for hydroxylation is 1. The van der Waals surface area contributed by atoms with Crippen LogP contribution in [0.5, 0.6) is 0 Å². The molecule has 20 heavy (non-hydrogen) atoms. The van der Waals surface area contributed by atoms with Crippen LogP contribution in [0.2, 0.25) is 0 Å².